The van der Waals surface area contributed by atoms with Gasteiger partial charge in [0.2, 0.25) is 0 Å². The molecule has 2 aliphatic rings. The molecule has 210 valence electrons. The highest BCUT2D eigenvalue weighted by atomic mass is 16.1. The van der Waals surface area contributed by atoms with Crippen LogP contribution in [0.15, 0.2) is 53.3 Å². The first-order valence-electron chi connectivity index (χ1n) is 14.9. The van der Waals surface area contributed by atoms with Crippen LogP contribution in [0.25, 0.3) is 10.9 Å². The predicted molar refractivity (Wildman–Crippen MR) is 162 cm³/mol. The smallest absolute Gasteiger partial charge is 0.261 e. The summed E-state index contributed by atoms with van der Waals surface area (Å²) < 4.78 is 1.92. The largest absolute Gasteiger partial charge is 0.371 e. The number of piperidine rings is 1. The van der Waals surface area contributed by atoms with Gasteiger partial charge in [0.25, 0.3) is 5.56 Å². The topological polar surface area (TPSA) is 65.4 Å². The number of nitrogens with zero attached hydrogens (tertiary/aromatic N) is 4. The van der Waals surface area contributed by atoms with Crippen LogP contribution in [0.3, 0.4) is 0 Å². The Morgan fingerprint density at radius 2 is 1.74 bits per heavy atom. The Morgan fingerprint density at radius 3 is 2.36 bits per heavy atom. The molecule has 1 aromatic heterocycles. The highest BCUT2D eigenvalue weighted by molar-refractivity contribution is 5.82. The van der Waals surface area contributed by atoms with Crippen LogP contribution in [0.2, 0.25) is 0 Å². The molecule has 3 heterocycles. The van der Waals surface area contributed by atoms with Crippen LogP contribution in [0.1, 0.15) is 70.8 Å². The molecule has 0 bridgehead atoms. The number of fused-ring (bicyclic) bond motifs is 1. The third-order valence-electron chi connectivity index (χ3n) is 8.96. The van der Waals surface area contributed by atoms with Gasteiger partial charge in [-0.25, -0.2) is 4.98 Å². The van der Waals surface area contributed by atoms with Crippen LogP contribution >= 0.6 is 0 Å². The second-order valence-electron chi connectivity index (χ2n) is 11.6. The van der Waals surface area contributed by atoms with Crippen molar-refractivity contribution in [3.63, 3.8) is 0 Å². The molecule has 0 radical (unpaired) electrons. The van der Waals surface area contributed by atoms with E-state index in [1.54, 1.807) is 0 Å². The van der Waals surface area contributed by atoms with Crippen molar-refractivity contribution in [3.8, 4) is 0 Å². The minimum absolute atomic E-state index is 0.000168. The molecular formula is C32H46N6O. The summed E-state index contributed by atoms with van der Waals surface area (Å²) in [5.74, 6) is 0.923. The van der Waals surface area contributed by atoms with E-state index in [1.807, 2.05) is 10.6 Å². The zero-order chi connectivity index (χ0) is 27.6. The summed E-state index contributed by atoms with van der Waals surface area (Å²) >= 11 is 0. The minimum atomic E-state index is -0.000168. The van der Waals surface area contributed by atoms with Crippen LogP contribution in [-0.2, 0) is 12.1 Å². The average Bonchev–Trinajstić information content (AvgIpc) is 2.95. The van der Waals surface area contributed by atoms with Gasteiger partial charge in [0.15, 0.2) is 0 Å². The first-order chi connectivity index (χ1) is 18.9. The van der Waals surface area contributed by atoms with Crippen LogP contribution in [0.4, 0.5) is 5.69 Å². The zero-order valence-electron chi connectivity index (χ0n) is 24.4. The Labute approximate surface area is 233 Å². The summed E-state index contributed by atoms with van der Waals surface area (Å²) in [6.07, 6.45) is 4.10. The molecule has 0 aliphatic carbocycles. The van der Waals surface area contributed by atoms with E-state index in [0.29, 0.717) is 24.0 Å². The Morgan fingerprint density at radius 1 is 1.05 bits per heavy atom. The molecule has 0 saturated carbocycles. The number of aromatic nitrogens is 2. The molecule has 0 amide bonds. The van der Waals surface area contributed by atoms with E-state index in [1.165, 1.54) is 5.56 Å². The minimum Gasteiger partial charge on any atom is -0.371 e. The van der Waals surface area contributed by atoms with Gasteiger partial charge in [0, 0.05) is 56.0 Å². The van der Waals surface area contributed by atoms with Crippen molar-refractivity contribution in [2.75, 3.05) is 38.1 Å². The lowest BCUT2D eigenvalue weighted by molar-refractivity contribution is 0.109. The Bertz CT molecular complexity index is 1300. The molecule has 7 nitrogen and oxygen atoms in total. The van der Waals surface area contributed by atoms with E-state index in [9.17, 15) is 4.79 Å². The van der Waals surface area contributed by atoms with Gasteiger partial charge in [0.05, 0.1) is 16.9 Å². The van der Waals surface area contributed by atoms with E-state index in [0.717, 1.165) is 68.9 Å². The molecule has 39 heavy (non-hydrogen) atoms. The summed E-state index contributed by atoms with van der Waals surface area (Å²) in [5.41, 5.74) is 3.42. The molecular weight excluding hydrogens is 484 g/mol. The van der Waals surface area contributed by atoms with Crippen LogP contribution < -0.4 is 21.1 Å². The summed E-state index contributed by atoms with van der Waals surface area (Å²) in [6, 6.07) is 18.1. The van der Waals surface area contributed by atoms with Gasteiger partial charge in [0.1, 0.15) is 5.82 Å². The predicted octanol–water partition coefficient (Wildman–Crippen LogP) is 4.65. The van der Waals surface area contributed by atoms with Crippen molar-refractivity contribution in [1.82, 2.24) is 25.1 Å². The van der Waals surface area contributed by atoms with E-state index in [4.69, 9.17) is 4.98 Å². The number of nitrogens with one attached hydrogen (secondary N) is 2. The molecule has 3 aromatic rings. The van der Waals surface area contributed by atoms with Gasteiger partial charge in [-0.3, -0.25) is 14.3 Å². The Hall–Kier alpha value is -2.74. The fourth-order valence-corrected chi connectivity index (χ4v) is 6.94. The van der Waals surface area contributed by atoms with E-state index < -0.39 is 0 Å². The van der Waals surface area contributed by atoms with Gasteiger partial charge >= 0.3 is 0 Å². The van der Waals surface area contributed by atoms with E-state index >= 15 is 0 Å². The summed E-state index contributed by atoms with van der Waals surface area (Å²) in [7, 11) is 2.08. The molecule has 5 rings (SSSR count). The number of anilines is 1. The molecule has 2 aromatic carbocycles. The summed E-state index contributed by atoms with van der Waals surface area (Å²) in [4.78, 5) is 24.0. The third kappa shape index (κ3) is 5.49. The van der Waals surface area contributed by atoms with E-state index in [-0.39, 0.29) is 17.1 Å². The first-order valence-corrected chi connectivity index (χ1v) is 14.9. The lowest BCUT2D eigenvalue weighted by atomic mass is 9.81. The van der Waals surface area contributed by atoms with Gasteiger partial charge < -0.3 is 15.5 Å². The lowest BCUT2D eigenvalue weighted by Crippen LogP contribution is -2.55. The molecule has 2 aliphatic heterocycles. The maximum atomic E-state index is 13.7. The monoisotopic (exact) mass is 530 g/mol. The zero-order valence-corrected chi connectivity index (χ0v) is 24.4. The van der Waals surface area contributed by atoms with Crippen molar-refractivity contribution in [2.24, 2.45) is 0 Å². The molecule has 7 heteroatoms. The van der Waals surface area contributed by atoms with Crippen LogP contribution in [0, 0.1) is 0 Å². The number of hydrogen-bond donors (Lipinski definition) is 2. The highest BCUT2D eigenvalue weighted by Gasteiger charge is 2.35. The Kier molecular flexibility index (Phi) is 8.40. The van der Waals surface area contributed by atoms with Gasteiger partial charge in [-0.1, -0.05) is 43.7 Å². The second-order valence-corrected chi connectivity index (χ2v) is 11.6. The standard InChI is InChI=1S/C32H46N6O/c1-6-11-29(37-21-23(3)34-24(4)22-37)30-35-28-20-26(14-15-27(28)31(39)38(30)7-2)36-18-16-32(33-5,17-19-36)25-12-9-8-10-13-25/h8-10,12-15,20,23-24,29,33-34H,6-7,11,16-19,21-22H2,1-5H3/t23-,24+,29?. The molecule has 2 saturated heterocycles. The van der Waals surface area contributed by atoms with Crippen LogP contribution in [0.5, 0.6) is 0 Å². The van der Waals surface area contributed by atoms with Crippen molar-refractivity contribution in [2.45, 2.75) is 83.6 Å². The third-order valence-corrected chi connectivity index (χ3v) is 8.96. The quantitative estimate of drug-likeness (QED) is 0.442. The fourth-order valence-electron chi connectivity index (χ4n) is 6.94. The number of piperazine rings is 1. The maximum absolute atomic E-state index is 13.7. The lowest BCUT2D eigenvalue weighted by Gasteiger charge is -2.43. The second kappa shape index (κ2) is 11.8. The first kappa shape index (κ1) is 27.8. The number of hydrogen-bond acceptors (Lipinski definition) is 6. The van der Waals surface area contributed by atoms with Gasteiger partial charge in [-0.05, 0) is 70.8 Å². The SMILES string of the molecule is CCCC(c1nc2cc(N3CCC(NC)(c4ccccc4)CC3)ccc2c(=O)n1CC)N1C[C@@H](C)N[C@@H](C)C1. The van der Waals surface area contributed by atoms with Gasteiger partial charge in [-0.15, -0.1) is 0 Å². The fraction of sp³-hybridized carbons (Fsp3) is 0.562. The van der Waals surface area contributed by atoms with Crippen molar-refractivity contribution < 1.29 is 0 Å². The van der Waals surface area contributed by atoms with Crippen molar-refractivity contribution >= 4 is 16.6 Å². The highest BCUT2D eigenvalue weighted by Crippen LogP contribution is 2.35. The van der Waals surface area contributed by atoms with Gasteiger partial charge in [-0.2, -0.15) is 0 Å². The molecule has 1 unspecified atom stereocenters. The number of benzene rings is 2. The number of rotatable bonds is 8. The van der Waals surface area contributed by atoms with E-state index in [2.05, 4.69) is 97.6 Å². The summed E-state index contributed by atoms with van der Waals surface area (Å²) in [6.45, 7) is 13.3. The van der Waals surface area contributed by atoms with Crippen LogP contribution in [-0.4, -0.2) is 59.8 Å². The molecule has 2 fully saturated rings. The molecule has 3 atom stereocenters. The average molecular weight is 531 g/mol. The normalized spacial score (nSPS) is 22.7. The maximum Gasteiger partial charge on any atom is 0.261 e. The van der Waals surface area contributed by atoms with Crippen molar-refractivity contribution in [1.29, 1.82) is 0 Å². The molecule has 0 spiro atoms. The summed E-state index contributed by atoms with van der Waals surface area (Å²) in [5, 5.41) is 8.00. The Balaban J connectivity index is 1.47. The van der Waals surface area contributed by atoms with Crippen molar-refractivity contribution in [3.05, 3.63) is 70.3 Å². The molecule has 2 N–H and O–H groups in total.